The number of carbonyl (C=O) groups is 3. The Kier molecular flexibility index (Phi) is 14.4. The van der Waals surface area contributed by atoms with Crippen molar-refractivity contribution in [1.82, 2.24) is 19.6 Å². The van der Waals surface area contributed by atoms with Crippen LogP contribution in [0.25, 0.3) is 22.1 Å². The van der Waals surface area contributed by atoms with Crippen molar-refractivity contribution in [3.05, 3.63) is 152 Å². The number of aromatic nitrogens is 4. The van der Waals surface area contributed by atoms with Gasteiger partial charge in [-0.3, -0.25) is 10.6 Å². The van der Waals surface area contributed by atoms with Crippen LogP contribution in [0.3, 0.4) is 0 Å². The molecule has 4 N–H and O–H groups in total. The van der Waals surface area contributed by atoms with E-state index in [1.807, 2.05) is 63.2 Å². The van der Waals surface area contributed by atoms with E-state index in [4.69, 9.17) is 56.2 Å². The zero-order valence-corrected chi connectivity index (χ0v) is 38.6. The Morgan fingerprint density at radius 3 is 1.52 bits per heavy atom. The largest absolute Gasteiger partial charge is 0.462 e. The van der Waals surface area contributed by atoms with Gasteiger partial charge in [0.2, 0.25) is 0 Å². The molecule has 4 amide bonds. The fraction of sp³-hybridized carbons (Fsp3) is 0.213. The Morgan fingerprint density at radius 2 is 1.03 bits per heavy atom. The first-order valence-electron chi connectivity index (χ1n) is 19.8. The summed E-state index contributed by atoms with van der Waals surface area (Å²) in [7, 11) is 0. The van der Waals surface area contributed by atoms with E-state index < -0.39 is 18.0 Å². The lowest BCUT2D eigenvalue weighted by Gasteiger charge is -2.14. The molecule has 0 aliphatic heterocycles. The van der Waals surface area contributed by atoms with Crippen molar-refractivity contribution in [3.63, 3.8) is 0 Å². The van der Waals surface area contributed by atoms with Gasteiger partial charge in [-0.2, -0.15) is 10.2 Å². The van der Waals surface area contributed by atoms with Gasteiger partial charge in [0.25, 0.3) is 0 Å². The third kappa shape index (κ3) is 11.5. The Hall–Kier alpha value is -6.05. The molecule has 16 heteroatoms. The van der Waals surface area contributed by atoms with Crippen LogP contribution in [-0.4, -0.2) is 44.2 Å². The number of ether oxygens (including phenoxy) is 1. The predicted molar refractivity (Wildman–Crippen MR) is 256 cm³/mol. The molecule has 0 spiro atoms. The predicted octanol–water partition coefficient (Wildman–Crippen LogP) is 13.6. The molecule has 0 radical (unpaired) electrons. The van der Waals surface area contributed by atoms with E-state index in [0.717, 1.165) is 27.8 Å². The van der Waals surface area contributed by atoms with Crippen molar-refractivity contribution >= 4 is 98.2 Å². The van der Waals surface area contributed by atoms with Gasteiger partial charge in [-0.1, -0.05) is 136 Å². The number of rotatable bonds is 8. The molecule has 0 aliphatic carbocycles. The molecule has 63 heavy (non-hydrogen) atoms. The second-order valence-corrected chi connectivity index (χ2v) is 17.9. The molecule has 2 heterocycles. The Labute approximate surface area is 385 Å². The number of anilines is 4. The van der Waals surface area contributed by atoms with Crippen LogP contribution in [0.1, 0.15) is 70.2 Å². The summed E-state index contributed by atoms with van der Waals surface area (Å²) in [6.45, 7) is 14.3. The third-order valence-electron chi connectivity index (χ3n) is 9.42. The topological polar surface area (TPSA) is 144 Å². The van der Waals surface area contributed by atoms with Gasteiger partial charge in [-0.15, -0.1) is 0 Å². The van der Waals surface area contributed by atoms with Crippen molar-refractivity contribution in [2.45, 2.75) is 59.3 Å². The Bertz CT molecular complexity index is 2810. The molecule has 0 fully saturated rings. The number of esters is 1. The molecule has 2 aromatic heterocycles. The van der Waals surface area contributed by atoms with E-state index in [2.05, 4.69) is 53.2 Å². The monoisotopic (exact) mass is 926 g/mol. The van der Waals surface area contributed by atoms with Crippen LogP contribution in [0, 0.1) is 0 Å². The van der Waals surface area contributed by atoms with Gasteiger partial charge in [0.05, 0.1) is 66.4 Å². The molecule has 7 rings (SSSR count). The zero-order valence-electron chi connectivity index (χ0n) is 35.6. The molecule has 5 aromatic carbocycles. The van der Waals surface area contributed by atoms with Crippen molar-refractivity contribution in [1.29, 1.82) is 0 Å². The van der Waals surface area contributed by atoms with E-state index in [1.165, 1.54) is 0 Å². The highest BCUT2D eigenvalue weighted by Crippen LogP contribution is 2.33. The van der Waals surface area contributed by atoms with Gasteiger partial charge >= 0.3 is 18.0 Å². The quantitative estimate of drug-likeness (QED) is 0.112. The molecular formula is C47H46Cl4N8O4. The Balaban J connectivity index is 0.000000210. The molecule has 0 atom stereocenters. The fourth-order valence-electron chi connectivity index (χ4n) is 6.09. The van der Waals surface area contributed by atoms with Crippen molar-refractivity contribution < 1.29 is 19.1 Å². The van der Waals surface area contributed by atoms with Gasteiger partial charge in [0.1, 0.15) is 11.6 Å². The summed E-state index contributed by atoms with van der Waals surface area (Å²) in [5.74, 6) is 0.544. The first-order valence-corrected chi connectivity index (χ1v) is 21.4. The molecule has 0 aliphatic rings. The van der Waals surface area contributed by atoms with Crippen LogP contribution in [0.4, 0.5) is 32.6 Å². The van der Waals surface area contributed by atoms with Crippen molar-refractivity contribution in [2.24, 2.45) is 0 Å². The van der Waals surface area contributed by atoms with Gasteiger partial charge in [0, 0.05) is 23.0 Å². The van der Waals surface area contributed by atoms with E-state index >= 15 is 0 Å². The van der Waals surface area contributed by atoms with Crippen LogP contribution < -0.4 is 21.3 Å². The maximum atomic E-state index is 12.7. The SMILES string of the molecule is CC(C)(C)c1cc(NC(=O)Nc2cccc(Cl)c2Cl)n(-c2ccc3ccccc3c2)n1.CCOC(=O)c1cccc(-n2nc(C(C)(C)C)cc2NC(=O)Nc2cccc(Cl)c2Cl)c1. The first-order chi connectivity index (χ1) is 29.8. The van der Waals surface area contributed by atoms with Crippen molar-refractivity contribution in [2.75, 3.05) is 27.9 Å². The molecule has 0 saturated carbocycles. The minimum atomic E-state index is -0.516. The number of hydrogen-bond acceptors (Lipinski definition) is 6. The fourth-order valence-corrected chi connectivity index (χ4v) is 6.79. The normalized spacial score (nSPS) is 11.3. The minimum Gasteiger partial charge on any atom is -0.462 e. The number of amides is 4. The number of hydrogen-bond donors (Lipinski definition) is 4. The van der Waals surface area contributed by atoms with Crippen LogP contribution in [0.15, 0.2) is 115 Å². The number of urea groups is 2. The summed E-state index contributed by atoms with van der Waals surface area (Å²) in [6, 6.07) is 33.8. The molecular weight excluding hydrogens is 882 g/mol. The average molecular weight is 929 g/mol. The van der Waals surface area contributed by atoms with E-state index in [-0.39, 0.29) is 27.5 Å². The zero-order chi connectivity index (χ0) is 45.6. The molecule has 326 valence electrons. The van der Waals surface area contributed by atoms with Gasteiger partial charge in [0.15, 0.2) is 0 Å². The average Bonchev–Trinajstić information content (AvgIpc) is 3.87. The maximum Gasteiger partial charge on any atom is 0.338 e. The van der Waals surface area contributed by atoms with Gasteiger partial charge in [-0.25, -0.2) is 23.7 Å². The number of benzene rings is 5. The number of nitrogens with one attached hydrogen (secondary N) is 4. The lowest BCUT2D eigenvalue weighted by atomic mass is 9.92. The molecule has 7 aromatic rings. The molecule has 0 unspecified atom stereocenters. The van der Waals surface area contributed by atoms with E-state index in [9.17, 15) is 14.4 Å². The van der Waals surface area contributed by atoms with Crippen LogP contribution in [0.2, 0.25) is 20.1 Å². The van der Waals surface area contributed by atoms with Crippen molar-refractivity contribution in [3.8, 4) is 11.4 Å². The second-order valence-electron chi connectivity index (χ2n) is 16.3. The highest BCUT2D eigenvalue weighted by atomic mass is 35.5. The Morgan fingerprint density at radius 1 is 0.556 bits per heavy atom. The first kappa shape index (κ1) is 46.5. The third-order valence-corrected chi connectivity index (χ3v) is 11.1. The smallest absolute Gasteiger partial charge is 0.338 e. The second kappa shape index (κ2) is 19.6. The standard InChI is InChI=1S/C24H22Cl2N4O.C23H24Cl2N4O3/c1-24(2,3)20-14-21(28-23(31)27-19-10-6-9-18(25)22(19)26)30(29-20)17-12-11-15-7-4-5-8-16(15)13-17;1-5-32-21(30)14-8-6-9-15(12-14)29-19(13-18(28-29)23(2,3)4)27-22(31)26-17-11-7-10-16(24)20(17)25/h4-14H,1-3H3,(H2,27,28,31);6-13H,5H2,1-4H3,(H2,26,27,31). The summed E-state index contributed by atoms with van der Waals surface area (Å²) < 4.78 is 8.40. The molecule has 12 nitrogen and oxygen atoms in total. The summed E-state index contributed by atoms with van der Waals surface area (Å²) >= 11 is 24.4. The summed E-state index contributed by atoms with van der Waals surface area (Å²) in [6.07, 6.45) is 0. The molecule has 0 bridgehead atoms. The summed E-state index contributed by atoms with van der Waals surface area (Å²) in [5.41, 5.74) is 3.80. The molecule has 0 saturated heterocycles. The summed E-state index contributed by atoms with van der Waals surface area (Å²) in [5, 5.41) is 24.0. The van der Waals surface area contributed by atoms with E-state index in [1.54, 1.807) is 83.0 Å². The number of halogens is 4. The maximum absolute atomic E-state index is 12.7. The van der Waals surface area contributed by atoms with E-state index in [0.29, 0.717) is 44.3 Å². The van der Waals surface area contributed by atoms with Crippen LogP contribution in [0.5, 0.6) is 0 Å². The summed E-state index contributed by atoms with van der Waals surface area (Å²) in [4.78, 5) is 37.6. The van der Waals surface area contributed by atoms with Crippen LogP contribution >= 0.6 is 46.4 Å². The number of nitrogens with zero attached hydrogens (tertiary/aromatic N) is 4. The minimum absolute atomic E-state index is 0.189. The van der Waals surface area contributed by atoms with Crippen LogP contribution in [-0.2, 0) is 15.6 Å². The number of fused-ring (bicyclic) bond motifs is 1. The lowest BCUT2D eigenvalue weighted by molar-refractivity contribution is 0.0526. The highest BCUT2D eigenvalue weighted by molar-refractivity contribution is 6.44. The van der Waals surface area contributed by atoms with Gasteiger partial charge in [-0.05, 0) is 72.3 Å². The highest BCUT2D eigenvalue weighted by Gasteiger charge is 2.24. The lowest BCUT2D eigenvalue weighted by Crippen LogP contribution is -2.21. The number of carbonyl (C=O) groups excluding carboxylic acids is 3. The van der Waals surface area contributed by atoms with Gasteiger partial charge < -0.3 is 15.4 Å².